The molecule has 0 unspecified atom stereocenters. The number of thioether (sulfide) groups is 1. The van der Waals surface area contributed by atoms with E-state index in [0.29, 0.717) is 36.6 Å². The number of nitrogens with one attached hydrogen (secondary N) is 8. The normalized spacial score (nSPS) is 17.2. The number of rotatable bonds is 32. The molecule has 2 aromatic rings. The lowest BCUT2D eigenvalue weighted by Crippen LogP contribution is -2.58. The van der Waals surface area contributed by atoms with Crippen molar-refractivity contribution in [3.8, 4) is 0 Å². The number of hydrogen-bond acceptors (Lipinski definition) is 12. The van der Waals surface area contributed by atoms with Crippen LogP contribution in [0.2, 0.25) is 0 Å². The number of ether oxygens (including phenoxy) is 2. The van der Waals surface area contributed by atoms with Gasteiger partial charge in [0.25, 0.3) is 0 Å². The molecule has 21 nitrogen and oxygen atoms in total. The van der Waals surface area contributed by atoms with Crippen LogP contribution in [0.1, 0.15) is 49.7 Å². The van der Waals surface area contributed by atoms with Gasteiger partial charge in [-0.05, 0) is 44.5 Å². The van der Waals surface area contributed by atoms with E-state index in [1.807, 2.05) is 11.8 Å². The third-order valence-electron chi connectivity index (χ3n) is 10.8. The number of urea groups is 1. The quantitative estimate of drug-likeness (QED) is 0.0148. The Morgan fingerprint density at radius 1 is 0.735 bits per heavy atom. The first-order valence-corrected chi connectivity index (χ1v) is 23.8. The van der Waals surface area contributed by atoms with Crippen LogP contribution in [-0.4, -0.2) is 171 Å². The van der Waals surface area contributed by atoms with E-state index in [-0.39, 0.29) is 82.6 Å². The topological polar surface area (TPSA) is 291 Å². The molecule has 4 rings (SSSR count). The van der Waals surface area contributed by atoms with Crippen LogP contribution in [-0.2, 0) is 55.9 Å². The van der Waals surface area contributed by atoms with Gasteiger partial charge < -0.3 is 62.4 Å². The number of hydrogen-bond donors (Lipinski definition) is 8. The predicted octanol–water partition coefficient (Wildman–Crippen LogP) is -0.755. The van der Waals surface area contributed by atoms with Crippen LogP contribution in [0.4, 0.5) is 4.79 Å². The van der Waals surface area contributed by atoms with E-state index in [1.54, 1.807) is 79.7 Å². The Morgan fingerprint density at radius 2 is 1.32 bits per heavy atom. The summed E-state index contributed by atoms with van der Waals surface area (Å²) < 4.78 is 11.0. The van der Waals surface area contributed by atoms with Crippen molar-refractivity contribution in [3.05, 3.63) is 77.3 Å². The predicted molar refractivity (Wildman–Crippen MR) is 253 cm³/mol. The Morgan fingerprint density at radius 3 is 1.94 bits per heavy atom. The molecule has 8 N–H and O–H groups in total. The summed E-state index contributed by atoms with van der Waals surface area (Å²) in [5.41, 5.74) is 10.3. The molecule has 0 saturated carbocycles. The fourth-order valence-corrected chi connectivity index (χ4v) is 8.98. The summed E-state index contributed by atoms with van der Waals surface area (Å²) in [7, 11) is 3.40. The van der Waals surface area contributed by atoms with Crippen LogP contribution in [0.5, 0.6) is 0 Å². The lowest BCUT2D eigenvalue weighted by atomic mass is 10.0. The Bertz CT molecular complexity index is 2030. The standard InChI is InChI=1S/C46H65N11O10S/c1-57(2)29-41(61)52-36(26-32-13-7-4-8-14-32)45(64)53-34(18-17-33(58)27-51-47)44(63)54-35(25-31-11-5-3-6-12-31)43(62)50-28-40(60)49-20-22-67-24-23-66-21-19-48-39(59)16-10-9-15-38-42-37(30-68-38)55-46(65)56-42/h3-8,11-14,27,34-38,42H,9-10,15-26,28-30H2,1-2H3,(H,48,59)(H,49,60)(H,50,62)(H,52,61)(H,53,64)(H,54,63)(H2,55,56,65)/t34-,35-,36-,37-,38-,42-/m0/s1. The fraction of sp³-hybridized carbons (Fsp3) is 0.543. The molecule has 2 heterocycles. The maximum absolute atomic E-state index is 14.0. The first-order valence-electron chi connectivity index (χ1n) is 22.8. The minimum atomic E-state index is -1.37. The van der Waals surface area contributed by atoms with Crippen molar-refractivity contribution < 1.29 is 52.6 Å². The molecule has 68 heavy (non-hydrogen) atoms. The van der Waals surface area contributed by atoms with Crippen LogP contribution in [0, 0.1) is 0 Å². The van der Waals surface area contributed by atoms with Crippen molar-refractivity contribution in [1.82, 2.24) is 47.4 Å². The number of carbonyl (C=O) groups excluding carboxylic acids is 8. The molecule has 0 bridgehead atoms. The minimum Gasteiger partial charge on any atom is -0.377 e. The Labute approximate surface area is 400 Å². The van der Waals surface area contributed by atoms with Gasteiger partial charge in [0.15, 0.2) is 0 Å². The zero-order valence-electron chi connectivity index (χ0n) is 38.7. The highest BCUT2D eigenvalue weighted by atomic mass is 32.2. The van der Waals surface area contributed by atoms with Crippen molar-refractivity contribution in [2.75, 3.05) is 72.5 Å². The number of nitrogens with zero attached hydrogens (tertiary/aromatic N) is 3. The molecule has 2 aromatic carbocycles. The Kier molecular flexibility index (Phi) is 24.2. The van der Waals surface area contributed by atoms with Crippen LogP contribution in [0.15, 0.2) is 60.7 Å². The molecule has 2 aliphatic heterocycles. The smallest absolute Gasteiger partial charge is 0.323 e. The number of fused-ring (bicyclic) bond motifs is 1. The zero-order chi connectivity index (χ0) is 49.1. The monoisotopic (exact) mass is 963 g/mol. The van der Waals surface area contributed by atoms with Crippen LogP contribution in [0.3, 0.4) is 0 Å². The average molecular weight is 964 g/mol. The van der Waals surface area contributed by atoms with Gasteiger partial charge >= 0.3 is 12.2 Å². The minimum absolute atomic E-state index is 0.00785. The number of carbonyl (C=O) groups is 8. The van der Waals surface area contributed by atoms with Crippen molar-refractivity contribution in [2.24, 2.45) is 0 Å². The average Bonchev–Trinajstić information content (AvgIpc) is 3.87. The molecule has 2 aliphatic rings. The lowest BCUT2D eigenvalue weighted by Gasteiger charge is -2.25. The number of benzene rings is 2. The number of likely N-dealkylation sites (N-methyl/N-ethyl adjacent to an activating group) is 1. The largest absolute Gasteiger partial charge is 0.377 e. The van der Waals surface area contributed by atoms with Gasteiger partial charge in [0.2, 0.25) is 41.2 Å². The van der Waals surface area contributed by atoms with E-state index in [0.717, 1.165) is 30.6 Å². The summed E-state index contributed by atoms with van der Waals surface area (Å²) in [6, 6.07) is 14.3. The first-order chi connectivity index (χ1) is 32.8. The van der Waals surface area contributed by atoms with Gasteiger partial charge in [0.05, 0.1) is 51.6 Å². The van der Waals surface area contributed by atoms with Gasteiger partial charge in [-0.25, -0.2) is 4.79 Å². The van der Waals surface area contributed by atoms with Gasteiger partial charge in [-0.15, -0.1) is 0 Å². The molecule has 0 spiro atoms. The van der Waals surface area contributed by atoms with Gasteiger partial charge in [-0.2, -0.15) is 16.6 Å². The lowest BCUT2D eigenvalue weighted by molar-refractivity contribution is -0.134. The number of Topliss-reactive ketones (excluding diaryl/α,β-unsaturated/α-hetero) is 1. The van der Waals surface area contributed by atoms with Crippen LogP contribution >= 0.6 is 11.8 Å². The SMILES string of the molecule is CN(C)CC(=O)N[C@@H](Cc1ccccc1)C(=O)N[C@@H](CCC(=O)C=[N+]=[N-])C(=O)N[C@@H](Cc1ccccc1)C(=O)NCC(=O)NCCOCCOCCNC(=O)CCCC[C@@H]1SC[C@@H]2NC(=O)N[C@@H]21. The second kappa shape index (κ2) is 30.2. The van der Waals surface area contributed by atoms with E-state index < -0.39 is 60.0 Å². The van der Waals surface area contributed by atoms with Crippen molar-refractivity contribution in [1.29, 1.82) is 0 Å². The molecule has 22 heteroatoms. The maximum Gasteiger partial charge on any atom is 0.323 e. The maximum atomic E-state index is 14.0. The second-order valence-corrected chi connectivity index (χ2v) is 17.9. The van der Waals surface area contributed by atoms with Crippen molar-refractivity contribution in [2.45, 2.75) is 86.8 Å². The summed E-state index contributed by atoms with van der Waals surface area (Å²) >= 11 is 1.86. The second-order valence-electron chi connectivity index (χ2n) is 16.6. The Balaban J connectivity index is 1.19. The van der Waals surface area contributed by atoms with E-state index in [2.05, 4.69) is 47.3 Å². The van der Waals surface area contributed by atoms with E-state index in [1.165, 1.54) is 0 Å². The van der Waals surface area contributed by atoms with Crippen LogP contribution < -0.4 is 42.5 Å². The van der Waals surface area contributed by atoms with Crippen molar-refractivity contribution >= 4 is 65.2 Å². The number of amides is 8. The van der Waals surface area contributed by atoms with Crippen molar-refractivity contribution in [3.63, 3.8) is 0 Å². The molecular weight excluding hydrogens is 899 g/mol. The zero-order valence-corrected chi connectivity index (χ0v) is 39.5. The molecular formula is C46H65N11O10S. The molecule has 0 radical (unpaired) electrons. The third-order valence-corrected chi connectivity index (χ3v) is 12.3. The van der Waals surface area contributed by atoms with E-state index >= 15 is 0 Å². The third kappa shape index (κ3) is 20.8. The summed E-state index contributed by atoms with van der Waals surface area (Å²) in [6.07, 6.45) is 3.27. The number of ketones is 1. The highest BCUT2D eigenvalue weighted by molar-refractivity contribution is 8.00. The summed E-state index contributed by atoms with van der Waals surface area (Å²) in [4.78, 5) is 107. The van der Waals surface area contributed by atoms with E-state index in [9.17, 15) is 38.4 Å². The first kappa shape index (κ1) is 54.4. The molecule has 370 valence electrons. The highest BCUT2D eigenvalue weighted by Gasteiger charge is 2.42. The Hall–Kier alpha value is -6.19. The summed E-state index contributed by atoms with van der Waals surface area (Å²) in [5.74, 6) is -2.92. The molecule has 6 atom stereocenters. The van der Waals surface area contributed by atoms with Gasteiger partial charge in [0, 0.05) is 49.8 Å². The molecule has 2 saturated heterocycles. The molecule has 2 fully saturated rings. The van der Waals surface area contributed by atoms with Gasteiger partial charge in [0.1, 0.15) is 18.1 Å². The number of unbranched alkanes of at least 4 members (excludes halogenated alkanes) is 1. The molecule has 8 amide bonds. The van der Waals surface area contributed by atoms with Crippen LogP contribution in [0.25, 0.3) is 5.53 Å². The highest BCUT2D eigenvalue weighted by Crippen LogP contribution is 2.33. The fourth-order valence-electron chi connectivity index (χ4n) is 7.44. The summed E-state index contributed by atoms with van der Waals surface area (Å²) in [6.45, 7) is 1.09. The van der Waals surface area contributed by atoms with Gasteiger partial charge in [-0.1, -0.05) is 67.1 Å². The summed E-state index contributed by atoms with van der Waals surface area (Å²) in [5, 5.41) is 22.4. The van der Waals surface area contributed by atoms with Gasteiger partial charge in [-0.3, -0.25) is 33.6 Å². The van der Waals surface area contributed by atoms with E-state index in [4.69, 9.17) is 15.0 Å². The molecule has 0 aliphatic carbocycles. The molecule has 0 aromatic heterocycles.